The van der Waals surface area contributed by atoms with Crippen molar-refractivity contribution in [1.82, 2.24) is 0 Å². The summed E-state index contributed by atoms with van der Waals surface area (Å²) in [4.78, 5) is 14.1. The molecule has 0 N–H and O–H groups in total. The second-order valence-corrected chi connectivity index (χ2v) is 2.80. The van der Waals surface area contributed by atoms with E-state index < -0.39 is 0 Å². The smallest absolute Gasteiger partial charge is 0.200 e. The molecular weight excluding hydrogens is 126 g/mol. The third-order valence-corrected chi connectivity index (χ3v) is 2.09. The zero-order chi connectivity index (χ0) is 7.78. The fraction of sp³-hybridized carbons (Fsp3) is 0.500. The Labute approximate surface area is 60.4 Å². The van der Waals surface area contributed by atoms with Gasteiger partial charge in [0.2, 0.25) is 0 Å². The molecule has 2 heteroatoms. The Morgan fingerprint density at radius 1 is 1.70 bits per heavy atom. The monoisotopic (exact) mass is 136 g/mol. The average Bonchev–Trinajstić information content (AvgIpc) is 2.65. The van der Waals surface area contributed by atoms with Crippen molar-refractivity contribution in [2.75, 3.05) is 0 Å². The number of carbonyl (C=O) groups is 1. The molecule has 0 aromatic carbocycles. The van der Waals surface area contributed by atoms with E-state index in [9.17, 15) is 4.79 Å². The molecule has 0 radical (unpaired) electrons. The van der Waals surface area contributed by atoms with Gasteiger partial charge in [0.1, 0.15) is 5.41 Å². The normalized spacial score (nSPS) is 19.2. The Kier molecular flexibility index (Phi) is 1.37. The molecular formula is C8H10NO+. The van der Waals surface area contributed by atoms with Gasteiger partial charge in [-0.25, -0.2) is 0 Å². The third-order valence-electron chi connectivity index (χ3n) is 2.09. The van der Waals surface area contributed by atoms with E-state index in [4.69, 9.17) is 6.57 Å². The Hall–Kier alpha value is -1.10. The zero-order valence-electron chi connectivity index (χ0n) is 6.05. The standard InChI is InChI=1S/C8H10NO/c1-6(2)8(4-5-8)7(10)9-3/h3H,1,4-5H2,2H3/q+1. The minimum Gasteiger partial charge on any atom is -0.200 e. The van der Waals surface area contributed by atoms with Crippen molar-refractivity contribution in [1.29, 1.82) is 0 Å². The molecule has 1 aliphatic carbocycles. The van der Waals surface area contributed by atoms with E-state index in [-0.39, 0.29) is 11.3 Å². The van der Waals surface area contributed by atoms with E-state index in [1.807, 2.05) is 6.92 Å². The third kappa shape index (κ3) is 0.750. The predicted molar refractivity (Wildman–Crippen MR) is 39.8 cm³/mol. The van der Waals surface area contributed by atoms with Crippen molar-refractivity contribution in [3.8, 4) is 6.57 Å². The summed E-state index contributed by atoms with van der Waals surface area (Å²) in [6, 6.07) is 0. The Bertz CT molecular complexity index is 230. The highest BCUT2D eigenvalue weighted by molar-refractivity contribution is 5.96. The van der Waals surface area contributed by atoms with Crippen LogP contribution in [0.15, 0.2) is 12.2 Å². The predicted octanol–water partition coefficient (Wildman–Crippen LogP) is 1.83. The van der Waals surface area contributed by atoms with Crippen molar-refractivity contribution >= 4 is 5.91 Å². The zero-order valence-corrected chi connectivity index (χ0v) is 6.05. The van der Waals surface area contributed by atoms with Gasteiger partial charge < -0.3 is 0 Å². The number of rotatable bonds is 2. The molecule has 0 bridgehead atoms. The molecule has 0 spiro atoms. The number of hydrogen-bond donors (Lipinski definition) is 0. The summed E-state index contributed by atoms with van der Waals surface area (Å²) >= 11 is 0. The van der Waals surface area contributed by atoms with E-state index in [2.05, 4.69) is 11.4 Å². The molecule has 0 aromatic rings. The maximum absolute atomic E-state index is 11.0. The number of amides is 1. The maximum Gasteiger partial charge on any atom is 0.524 e. The van der Waals surface area contributed by atoms with Gasteiger partial charge >= 0.3 is 5.91 Å². The van der Waals surface area contributed by atoms with Crippen LogP contribution in [0.25, 0.3) is 4.85 Å². The first-order valence-electron chi connectivity index (χ1n) is 3.25. The summed E-state index contributed by atoms with van der Waals surface area (Å²) < 4.78 is 0. The van der Waals surface area contributed by atoms with Gasteiger partial charge in [0.15, 0.2) is 0 Å². The van der Waals surface area contributed by atoms with Crippen LogP contribution in [0, 0.1) is 12.0 Å². The fourth-order valence-electron chi connectivity index (χ4n) is 1.07. The Balaban J connectivity index is 2.82. The minimum absolute atomic E-state index is 0.222. The molecule has 1 aliphatic rings. The summed E-state index contributed by atoms with van der Waals surface area (Å²) in [7, 11) is 0. The lowest BCUT2D eigenvalue weighted by atomic mass is 9.98. The van der Waals surface area contributed by atoms with Gasteiger partial charge in [-0.05, 0) is 19.8 Å². The van der Waals surface area contributed by atoms with Gasteiger partial charge in [-0.3, -0.25) is 0 Å². The molecule has 1 fully saturated rings. The highest BCUT2D eigenvalue weighted by atomic mass is 16.1. The van der Waals surface area contributed by atoms with E-state index in [0.29, 0.717) is 0 Å². The van der Waals surface area contributed by atoms with Gasteiger partial charge in [0.05, 0.1) is 0 Å². The van der Waals surface area contributed by atoms with Crippen LogP contribution in [-0.2, 0) is 4.79 Å². The molecule has 0 aliphatic heterocycles. The number of hydrogen-bond acceptors (Lipinski definition) is 1. The fourth-order valence-corrected chi connectivity index (χ4v) is 1.07. The maximum atomic E-state index is 11.0. The Morgan fingerprint density at radius 3 is 2.30 bits per heavy atom. The van der Waals surface area contributed by atoms with E-state index in [1.165, 1.54) is 0 Å². The van der Waals surface area contributed by atoms with Gasteiger partial charge in [0, 0.05) is 4.85 Å². The van der Waals surface area contributed by atoms with Crippen LogP contribution in [-0.4, -0.2) is 5.91 Å². The van der Waals surface area contributed by atoms with Crippen LogP contribution in [0.3, 0.4) is 0 Å². The van der Waals surface area contributed by atoms with Crippen molar-refractivity contribution in [3.05, 3.63) is 17.0 Å². The summed E-state index contributed by atoms with van der Waals surface area (Å²) in [5.41, 5.74) is 0.515. The molecule has 0 unspecified atom stereocenters. The molecule has 0 saturated heterocycles. The average molecular weight is 136 g/mol. The van der Waals surface area contributed by atoms with Crippen molar-refractivity contribution in [2.45, 2.75) is 19.8 Å². The highest BCUT2D eigenvalue weighted by Gasteiger charge is 2.57. The topological polar surface area (TPSA) is 21.4 Å². The van der Waals surface area contributed by atoms with Gasteiger partial charge in [0.25, 0.3) is 6.57 Å². The lowest BCUT2D eigenvalue weighted by Crippen LogP contribution is -2.11. The van der Waals surface area contributed by atoms with Crippen LogP contribution in [0.5, 0.6) is 0 Å². The SMILES string of the molecule is C#[N+]C(=O)C1(C(=C)C)CC1. The molecule has 52 valence electrons. The quantitative estimate of drug-likeness (QED) is 0.531. The molecule has 1 amide bonds. The van der Waals surface area contributed by atoms with Crippen LogP contribution in [0.4, 0.5) is 0 Å². The molecule has 0 heterocycles. The van der Waals surface area contributed by atoms with E-state index in [1.54, 1.807) is 0 Å². The van der Waals surface area contributed by atoms with Gasteiger partial charge in [-0.2, -0.15) is 4.79 Å². The van der Waals surface area contributed by atoms with Crippen LogP contribution < -0.4 is 0 Å². The van der Waals surface area contributed by atoms with Crippen molar-refractivity contribution in [3.63, 3.8) is 0 Å². The van der Waals surface area contributed by atoms with Gasteiger partial charge in [-0.15, -0.1) is 0 Å². The first-order valence-corrected chi connectivity index (χ1v) is 3.25. The summed E-state index contributed by atoms with van der Waals surface area (Å²) in [5, 5.41) is 0. The van der Waals surface area contributed by atoms with Crippen LogP contribution in [0.1, 0.15) is 19.8 Å². The summed E-state index contributed by atoms with van der Waals surface area (Å²) in [6.07, 6.45) is 1.73. The Morgan fingerprint density at radius 2 is 2.20 bits per heavy atom. The number of nitrogens with zero attached hydrogens (tertiary/aromatic N) is 1. The molecule has 0 atom stereocenters. The summed E-state index contributed by atoms with van der Waals surface area (Å²) in [5.74, 6) is -0.222. The van der Waals surface area contributed by atoms with Crippen LogP contribution >= 0.6 is 0 Å². The van der Waals surface area contributed by atoms with Crippen molar-refractivity contribution < 1.29 is 4.79 Å². The highest BCUT2D eigenvalue weighted by Crippen LogP contribution is 2.52. The molecule has 2 nitrogen and oxygen atoms in total. The number of carbonyl (C=O) groups excluding carboxylic acids is 1. The molecule has 1 rings (SSSR count). The lowest BCUT2D eigenvalue weighted by Gasteiger charge is -1.99. The van der Waals surface area contributed by atoms with Crippen LogP contribution in [0.2, 0.25) is 0 Å². The van der Waals surface area contributed by atoms with E-state index >= 15 is 0 Å². The second-order valence-electron chi connectivity index (χ2n) is 2.80. The summed E-state index contributed by atoms with van der Waals surface area (Å²) in [6.45, 7) is 10.4. The molecule has 10 heavy (non-hydrogen) atoms. The van der Waals surface area contributed by atoms with E-state index in [0.717, 1.165) is 18.4 Å². The minimum atomic E-state index is -0.366. The lowest BCUT2D eigenvalue weighted by molar-refractivity contribution is -0.118. The van der Waals surface area contributed by atoms with Gasteiger partial charge in [-0.1, -0.05) is 12.2 Å². The second kappa shape index (κ2) is 1.95. The molecule has 0 aromatic heterocycles. The largest absolute Gasteiger partial charge is 0.524 e. The molecule has 1 saturated carbocycles. The van der Waals surface area contributed by atoms with Crippen molar-refractivity contribution in [2.24, 2.45) is 5.41 Å². The first-order chi connectivity index (χ1) is 4.63. The first kappa shape index (κ1) is 7.01.